The molecular weight excluding hydrogens is 800 g/mol. The molecule has 4 heterocycles. The summed E-state index contributed by atoms with van der Waals surface area (Å²) in [5.41, 5.74) is 7.02. The number of nitrogens with zero attached hydrogens (tertiary/aromatic N) is 6. The number of pyridine rings is 1. The van der Waals surface area contributed by atoms with Crippen molar-refractivity contribution in [2.75, 3.05) is 17.0 Å². The zero-order chi connectivity index (χ0) is 32.5. The Balaban J connectivity index is 0.00000336. The van der Waals surface area contributed by atoms with Crippen molar-refractivity contribution in [3.8, 4) is 5.82 Å². The average molecular weight is 827 g/mol. The first-order chi connectivity index (χ1) is 24.2. The second-order valence-corrected chi connectivity index (χ2v) is 12.2. The Kier molecular flexibility index (Phi) is 7.18. The number of anilines is 4. The molecular formula is C42H27N6OPt-3. The molecule has 7 nitrogen and oxygen atoms in total. The van der Waals surface area contributed by atoms with Crippen molar-refractivity contribution in [2.45, 2.75) is 0 Å². The molecule has 10 rings (SSSR count). The molecule has 9 aromatic rings. The fourth-order valence-electron chi connectivity index (χ4n) is 7.03. The maximum absolute atomic E-state index is 6.76. The number of aromatic nitrogens is 2. The molecule has 8 heteroatoms. The van der Waals surface area contributed by atoms with Gasteiger partial charge in [0.15, 0.2) is 5.58 Å². The van der Waals surface area contributed by atoms with Crippen LogP contribution in [0.3, 0.4) is 0 Å². The molecule has 3 aromatic heterocycles. The Bertz CT molecular complexity index is 2750. The van der Waals surface area contributed by atoms with E-state index < -0.39 is 0 Å². The molecule has 244 valence electrons. The number of benzene rings is 6. The Morgan fingerprint density at radius 2 is 1.48 bits per heavy atom. The molecule has 50 heavy (non-hydrogen) atoms. The third-order valence-electron chi connectivity index (χ3n) is 9.18. The van der Waals surface area contributed by atoms with Crippen LogP contribution in [0, 0.1) is 18.8 Å². The van der Waals surface area contributed by atoms with Gasteiger partial charge in [-0.15, -0.1) is 42.4 Å². The van der Waals surface area contributed by atoms with E-state index in [9.17, 15) is 0 Å². The molecule has 0 saturated heterocycles. The number of fused-ring (bicyclic) bond motifs is 7. The molecule has 1 aliphatic rings. The van der Waals surface area contributed by atoms with Gasteiger partial charge >= 0.3 is 0 Å². The molecule has 0 radical (unpaired) electrons. The van der Waals surface area contributed by atoms with Crippen LogP contribution in [0.2, 0.25) is 0 Å². The number of hydrogen-bond acceptors (Lipinski definition) is 6. The van der Waals surface area contributed by atoms with Crippen LogP contribution in [0.1, 0.15) is 0 Å². The van der Waals surface area contributed by atoms with Crippen LogP contribution in [-0.4, -0.2) is 27.8 Å². The molecule has 0 fully saturated rings. The maximum Gasteiger partial charge on any atom is 0.159 e. The molecule has 0 saturated carbocycles. The van der Waals surface area contributed by atoms with Gasteiger partial charge in [-0.05, 0) is 48.2 Å². The van der Waals surface area contributed by atoms with Crippen molar-refractivity contribution < 1.29 is 25.5 Å². The summed E-state index contributed by atoms with van der Waals surface area (Å²) in [6, 6.07) is 51.4. The number of furan rings is 1. The summed E-state index contributed by atoms with van der Waals surface area (Å²) in [5, 5.41) is 12.9. The summed E-state index contributed by atoms with van der Waals surface area (Å²) in [5.74, 6) is 0.832. The molecule has 0 aliphatic carbocycles. The second-order valence-electron chi connectivity index (χ2n) is 12.2. The normalized spacial score (nSPS) is 12.9. The number of rotatable bonds is 5. The fraction of sp³-hybridized carbons (Fsp3) is 0.0238. The van der Waals surface area contributed by atoms with Crippen LogP contribution in [0.5, 0.6) is 0 Å². The Labute approximate surface area is 302 Å². The van der Waals surface area contributed by atoms with Crippen molar-refractivity contribution in [2.24, 2.45) is 5.10 Å². The van der Waals surface area contributed by atoms with E-state index >= 15 is 0 Å². The zero-order valence-electron chi connectivity index (χ0n) is 26.8. The van der Waals surface area contributed by atoms with Gasteiger partial charge in [-0.3, -0.25) is 0 Å². The van der Waals surface area contributed by atoms with Crippen molar-refractivity contribution in [1.29, 1.82) is 0 Å². The monoisotopic (exact) mass is 826 g/mol. The Morgan fingerprint density at radius 3 is 2.32 bits per heavy atom. The van der Waals surface area contributed by atoms with Gasteiger partial charge in [0.25, 0.3) is 0 Å². The maximum atomic E-state index is 6.76. The van der Waals surface area contributed by atoms with E-state index in [1.807, 2.05) is 72.3 Å². The summed E-state index contributed by atoms with van der Waals surface area (Å²) >= 11 is 0. The molecule has 0 atom stereocenters. The largest absolute Gasteiger partial charge is 0.493 e. The number of para-hydroxylation sites is 2. The first-order valence-corrected chi connectivity index (χ1v) is 16.1. The predicted octanol–water partition coefficient (Wildman–Crippen LogP) is 10.1. The topological polar surface area (TPSA) is 53.0 Å². The summed E-state index contributed by atoms with van der Waals surface area (Å²) in [7, 11) is 1.96. The third kappa shape index (κ3) is 4.69. The van der Waals surface area contributed by atoms with Crippen molar-refractivity contribution in [1.82, 2.24) is 14.5 Å². The van der Waals surface area contributed by atoms with Gasteiger partial charge < -0.3 is 23.8 Å². The van der Waals surface area contributed by atoms with Gasteiger partial charge in [0.05, 0.1) is 12.0 Å². The van der Waals surface area contributed by atoms with Gasteiger partial charge in [-0.25, -0.2) is 4.98 Å². The number of hydrogen-bond donors (Lipinski definition) is 0. The smallest absolute Gasteiger partial charge is 0.159 e. The zero-order valence-corrected chi connectivity index (χ0v) is 29.0. The molecule has 0 spiro atoms. The van der Waals surface area contributed by atoms with Crippen molar-refractivity contribution in [3.63, 3.8) is 0 Å². The molecule has 6 aromatic carbocycles. The van der Waals surface area contributed by atoms with Crippen LogP contribution < -0.4 is 9.91 Å². The summed E-state index contributed by atoms with van der Waals surface area (Å²) in [6.07, 6.45) is 3.61. The first-order valence-electron chi connectivity index (χ1n) is 16.1. The van der Waals surface area contributed by atoms with E-state index in [2.05, 4.69) is 112 Å². The average Bonchev–Trinajstić information content (AvgIpc) is 3.85. The molecule has 0 unspecified atom stereocenters. The predicted molar refractivity (Wildman–Crippen MR) is 199 cm³/mol. The van der Waals surface area contributed by atoms with Gasteiger partial charge in [-0.2, -0.15) is 17.2 Å². The van der Waals surface area contributed by atoms with Gasteiger partial charge in [-0.1, -0.05) is 89.3 Å². The van der Waals surface area contributed by atoms with Gasteiger partial charge in [0, 0.05) is 48.9 Å². The SMILES string of the molecule is CN1C=NN(c2[c-]c(N(c3[c-]c4c(cc3)c3ccccc3n4-c3ccccn3)c3c4ccccc4cc4c3oc3ccccc34)ccc2)[CH-]1.[Pt]. The van der Waals surface area contributed by atoms with Crippen molar-refractivity contribution >= 4 is 83.6 Å². The quantitative estimate of drug-likeness (QED) is 0.162. The van der Waals surface area contributed by atoms with Crippen LogP contribution in [-0.2, 0) is 21.1 Å². The van der Waals surface area contributed by atoms with E-state index in [-0.39, 0.29) is 21.1 Å². The molecule has 0 bridgehead atoms. The molecule has 0 amide bonds. The van der Waals surface area contributed by atoms with Crippen LogP contribution in [0.25, 0.3) is 60.3 Å². The van der Waals surface area contributed by atoms with E-state index in [1.165, 1.54) is 0 Å². The summed E-state index contributed by atoms with van der Waals surface area (Å²) < 4.78 is 8.95. The molecule has 1 aliphatic heterocycles. The minimum atomic E-state index is 0. The minimum absolute atomic E-state index is 0. The van der Waals surface area contributed by atoms with Crippen LogP contribution in [0.15, 0.2) is 143 Å². The minimum Gasteiger partial charge on any atom is -0.493 e. The Hall–Kier alpha value is -5.91. The summed E-state index contributed by atoms with van der Waals surface area (Å²) in [4.78, 5) is 8.90. The first kappa shape index (κ1) is 30.2. The van der Waals surface area contributed by atoms with E-state index in [1.54, 1.807) is 6.34 Å². The third-order valence-corrected chi connectivity index (χ3v) is 9.18. The number of hydrazone groups is 1. The van der Waals surface area contributed by atoms with Crippen molar-refractivity contribution in [3.05, 3.63) is 152 Å². The standard InChI is InChI=1S/C42H27N6O.Pt/c1-45-26-44-46(27-45)29-12-10-13-30(24-29)47(41-32-14-3-2-11-28(32)23-36-35-16-5-7-18-39(35)49-42(36)41)31-20-21-34-33-15-4-6-17-37(33)48(38(34)25-31)40-19-8-9-22-43-40;/h2-23,26-27H,1H3;/q-3;. The fourth-order valence-corrected chi connectivity index (χ4v) is 7.03. The Morgan fingerprint density at radius 1 is 0.700 bits per heavy atom. The van der Waals surface area contributed by atoms with Crippen LogP contribution in [0.4, 0.5) is 22.7 Å². The van der Waals surface area contributed by atoms with E-state index in [4.69, 9.17) is 9.40 Å². The van der Waals surface area contributed by atoms with E-state index in [0.29, 0.717) is 0 Å². The van der Waals surface area contributed by atoms with E-state index in [0.717, 1.165) is 83.1 Å². The van der Waals surface area contributed by atoms with Gasteiger partial charge in [0.2, 0.25) is 0 Å². The summed E-state index contributed by atoms with van der Waals surface area (Å²) in [6.45, 7) is 1.93. The molecule has 0 N–H and O–H groups in total. The second kappa shape index (κ2) is 11.9. The van der Waals surface area contributed by atoms with Gasteiger partial charge in [0.1, 0.15) is 11.4 Å². The van der Waals surface area contributed by atoms with Crippen LogP contribution >= 0.6 is 0 Å².